The molecule has 0 aliphatic heterocycles. The number of benzene rings is 2. The van der Waals surface area contributed by atoms with Crippen molar-refractivity contribution in [1.82, 2.24) is 0 Å². The number of hydrogen-bond donors (Lipinski definition) is 2. The molecule has 0 amide bonds. The van der Waals surface area contributed by atoms with Crippen LogP contribution in [0.1, 0.15) is 11.1 Å². The molecule has 122 valence electrons. The molecule has 0 radical (unpaired) electrons. The molecule has 0 saturated carbocycles. The van der Waals surface area contributed by atoms with E-state index in [2.05, 4.69) is 0 Å². The lowest BCUT2D eigenvalue weighted by Crippen LogP contribution is -2.21. The van der Waals surface area contributed by atoms with Crippen molar-refractivity contribution in [1.29, 1.82) is 5.41 Å². The molecule has 0 aliphatic rings. The van der Waals surface area contributed by atoms with Gasteiger partial charge < -0.3 is 10.5 Å². The van der Waals surface area contributed by atoms with Gasteiger partial charge in [-0.1, -0.05) is 24.3 Å². The Morgan fingerprint density at radius 1 is 1.09 bits per heavy atom. The Kier molecular flexibility index (Phi) is 4.33. The molecule has 9 heteroatoms. The average molecular weight is 343 g/mol. The second-order valence-electron chi connectivity index (χ2n) is 4.51. The van der Waals surface area contributed by atoms with Crippen LogP contribution in [0.2, 0.25) is 0 Å². The first-order valence-electron chi connectivity index (χ1n) is 6.16. The van der Waals surface area contributed by atoms with E-state index >= 15 is 0 Å². The molecule has 0 atom stereocenters. The molecule has 0 unspecified atom stereocenters. The molecule has 2 aromatic carbocycles. The van der Waals surface area contributed by atoms with Crippen LogP contribution in [0.3, 0.4) is 0 Å². The van der Waals surface area contributed by atoms with Crippen LogP contribution in [0.4, 0.5) is 18.9 Å². The van der Waals surface area contributed by atoms with Crippen LogP contribution >= 0.6 is 0 Å². The lowest BCUT2D eigenvalue weighted by Gasteiger charge is -2.16. The molecule has 0 aromatic heterocycles. The summed E-state index contributed by atoms with van der Waals surface area (Å²) in [4.78, 5) is -0.598. The van der Waals surface area contributed by atoms with E-state index in [1.54, 1.807) is 0 Å². The Labute approximate surface area is 130 Å². The zero-order valence-electron chi connectivity index (χ0n) is 11.4. The van der Waals surface area contributed by atoms with Gasteiger partial charge in [0, 0.05) is 5.56 Å². The van der Waals surface area contributed by atoms with Crippen molar-refractivity contribution < 1.29 is 26.7 Å². The van der Waals surface area contributed by atoms with Crippen molar-refractivity contribution in [3.8, 4) is 0 Å². The van der Waals surface area contributed by atoms with Gasteiger partial charge in [-0.25, -0.2) is 8.42 Å². The number of sulfonamides is 1. The largest absolute Gasteiger partial charge is 0.859 e. The SMILES string of the molecule is N=C([O-])c1ccccc1NS(=O)(=O)c1cccc(C(F)(F)F)c1. The minimum absolute atomic E-state index is 0.176. The van der Waals surface area contributed by atoms with E-state index in [0.717, 1.165) is 18.2 Å². The maximum absolute atomic E-state index is 12.7. The molecule has 2 aromatic rings. The molecular weight excluding hydrogens is 333 g/mol. The number of anilines is 1. The van der Waals surface area contributed by atoms with E-state index in [9.17, 15) is 26.7 Å². The number of hydrogen-bond acceptors (Lipinski definition) is 4. The predicted molar refractivity (Wildman–Crippen MR) is 75.5 cm³/mol. The first-order valence-corrected chi connectivity index (χ1v) is 7.64. The van der Waals surface area contributed by atoms with Crippen LogP contribution in [0, 0.1) is 5.41 Å². The fraction of sp³-hybridized carbons (Fsp3) is 0.0714. The minimum atomic E-state index is -4.68. The van der Waals surface area contributed by atoms with E-state index in [4.69, 9.17) is 5.41 Å². The molecule has 0 spiro atoms. The number of rotatable bonds is 4. The van der Waals surface area contributed by atoms with E-state index in [1.807, 2.05) is 4.72 Å². The molecule has 2 rings (SSSR count). The third kappa shape index (κ3) is 3.81. The summed E-state index contributed by atoms with van der Waals surface area (Å²) < 4.78 is 64.4. The van der Waals surface area contributed by atoms with Crippen molar-refractivity contribution in [2.75, 3.05) is 4.72 Å². The quantitative estimate of drug-likeness (QED) is 0.658. The Hall–Kier alpha value is -2.55. The normalized spacial score (nSPS) is 12.0. The zero-order chi connectivity index (χ0) is 17.3. The fourth-order valence-electron chi connectivity index (χ4n) is 1.81. The minimum Gasteiger partial charge on any atom is -0.859 e. The highest BCUT2D eigenvalue weighted by Gasteiger charge is 2.31. The Balaban J connectivity index is 2.43. The Morgan fingerprint density at radius 2 is 1.74 bits per heavy atom. The highest BCUT2D eigenvalue weighted by Crippen LogP contribution is 2.31. The maximum Gasteiger partial charge on any atom is 0.416 e. The van der Waals surface area contributed by atoms with E-state index in [0.29, 0.717) is 6.07 Å². The highest BCUT2D eigenvalue weighted by atomic mass is 32.2. The van der Waals surface area contributed by atoms with Crippen LogP contribution in [-0.4, -0.2) is 14.3 Å². The van der Waals surface area contributed by atoms with Crippen molar-refractivity contribution in [3.05, 3.63) is 59.7 Å². The molecule has 0 aliphatic carbocycles. The van der Waals surface area contributed by atoms with Crippen molar-refractivity contribution in [2.24, 2.45) is 0 Å². The van der Waals surface area contributed by atoms with Crippen molar-refractivity contribution in [3.63, 3.8) is 0 Å². The van der Waals surface area contributed by atoms with Gasteiger partial charge in [0.2, 0.25) is 0 Å². The van der Waals surface area contributed by atoms with Crippen LogP contribution in [0.25, 0.3) is 0 Å². The molecule has 2 N–H and O–H groups in total. The van der Waals surface area contributed by atoms with E-state index in [-0.39, 0.29) is 11.3 Å². The molecule has 0 heterocycles. The standard InChI is InChI=1S/C14H11F3N2O3S/c15-14(16,17)9-4-3-5-10(8-9)23(21,22)19-12-7-2-1-6-11(12)13(18)20/h1-8,19H,(H2,18,20)/p-1. The summed E-state index contributed by atoms with van der Waals surface area (Å²) in [5.41, 5.74) is -1.49. The maximum atomic E-state index is 12.7. The van der Waals surface area contributed by atoms with Crippen molar-refractivity contribution >= 4 is 21.6 Å². The topological polar surface area (TPSA) is 93.1 Å². The summed E-state index contributed by atoms with van der Waals surface area (Å²) in [5.74, 6) is -1.12. The zero-order valence-corrected chi connectivity index (χ0v) is 12.2. The van der Waals surface area contributed by atoms with Crippen LogP contribution in [0.5, 0.6) is 0 Å². The number of halogens is 3. The first-order chi connectivity index (χ1) is 10.6. The average Bonchev–Trinajstić information content (AvgIpc) is 2.46. The fourth-order valence-corrected chi connectivity index (χ4v) is 2.94. The van der Waals surface area contributed by atoms with Crippen LogP contribution in [-0.2, 0) is 16.2 Å². The lowest BCUT2D eigenvalue weighted by atomic mass is 10.2. The van der Waals surface area contributed by atoms with Gasteiger partial charge in [0.05, 0.1) is 16.1 Å². The monoisotopic (exact) mass is 343 g/mol. The van der Waals surface area contributed by atoms with Gasteiger partial charge in [0.15, 0.2) is 0 Å². The van der Waals surface area contributed by atoms with E-state index < -0.39 is 32.6 Å². The summed E-state index contributed by atoms with van der Waals surface area (Å²) >= 11 is 0. The number of para-hydroxylation sites is 1. The van der Waals surface area contributed by atoms with Gasteiger partial charge in [-0.2, -0.15) is 13.2 Å². The summed E-state index contributed by atoms with van der Waals surface area (Å²) in [5, 5.41) is 18.2. The molecule has 0 saturated heterocycles. The first kappa shape index (κ1) is 16.8. The third-order valence-corrected chi connectivity index (χ3v) is 4.25. The molecule has 5 nitrogen and oxygen atoms in total. The third-order valence-electron chi connectivity index (χ3n) is 2.89. The molecule has 23 heavy (non-hydrogen) atoms. The van der Waals surface area contributed by atoms with E-state index in [1.165, 1.54) is 24.3 Å². The van der Waals surface area contributed by atoms with Gasteiger partial charge in [-0.15, -0.1) is 0 Å². The lowest BCUT2D eigenvalue weighted by molar-refractivity contribution is -0.214. The Morgan fingerprint density at radius 3 is 2.35 bits per heavy atom. The molecule has 0 fully saturated rings. The summed E-state index contributed by atoms with van der Waals surface area (Å²) in [6.07, 6.45) is -4.68. The second-order valence-corrected chi connectivity index (χ2v) is 6.19. The molecule has 0 bridgehead atoms. The van der Waals surface area contributed by atoms with Crippen LogP contribution < -0.4 is 9.83 Å². The predicted octanol–water partition coefficient (Wildman–Crippen LogP) is 2.19. The van der Waals surface area contributed by atoms with Gasteiger partial charge in [0.25, 0.3) is 10.0 Å². The van der Waals surface area contributed by atoms with Crippen LogP contribution in [0.15, 0.2) is 53.4 Å². The molecular formula is C14H10F3N2O3S-. The van der Waals surface area contributed by atoms with Crippen molar-refractivity contribution in [2.45, 2.75) is 11.1 Å². The smallest absolute Gasteiger partial charge is 0.416 e. The number of alkyl halides is 3. The van der Waals surface area contributed by atoms with Gasteiger partial charge in [-0.05, 0) is 30.2 Å². The van der Waals surface area contributed by atoms with Gasteiger partial charge in [-0.3, -0.25) is 4.72 Å². The van der Waals surface area contributed by atoms with Gasteiger partial charge >= 0.3 is 6.18 Å². The Bertz CT molecular complexity index is 848. The second kappa shape index (κ2) is 5.92. The highest BCUT2D eigenvalue weighted by molar-refractivity contribution is 7.92. The number of nitrogens with one attached hydrogen (secondary N) is 2. The summed E-state index contributed by atoms with van der Waals surface area (Å²) in [6, 6.07) is 8.56. The van der Waals surface area contributed by atoms with Gasteiger partial charge in [0.1, 0.15) is 0 Å². The summed E-state index contributed by atoms with van der Waals surface area (Å²) in [7, 11) is -4.34. The summed E-state index contributed by atoms with van der Waals surface area (Å²) in [6.45, 7) is 0.